The zero-order chi connectivity index (χ0) is 14.9. The molecule has 1 N–H and O–H groups in total. The van der Waals surface area contributed by atoms with E-state index in [2.05, 4.69) is 27.9 Å². The monoisotopic (exact) mass is 286 g/mol. The standard InChI is InChI=1S/C16H22N4O/c1-19-8-3-6-16(12-21)7-9-20(11-14(16)19)15-5-2-4-13(10-17)18-15/h2,4-5,14,21H,3,6-9,11-12H2,1H3/t14-,16-/m1/s1. The van der Waals surface area contributed by atoms with Crippen molar-refractivity contribution in [1.29, 1.82) is 5.26 Å². The number of aliphatic hydroxyl groups excluding tert-OH is 1. The van der Waals surface area contributed by atoms with Crippen LogP contribution in [0.15, 0.2) is 18.2 Å². The highest BCUT2D eigenvalue weighted by molar-refractivity contribution is 5.42. The highest BCUT2D eigenvalue weighted by atomic mass is 16.3. The second-order valence-corrected chi connectivity index (χ2v) is 6.31. The zero-order valence-electron chi connectivity index (χ0n) is 12.5. The maximum Gasteiger partial charge on any atom is 0.142 e. The Bertz CT molecular complexity index is 555. The minimum atomic E-state index is 0.0380. The van der Waals surface area contributed by atoms with Crippen LogP contribution in [0.25, 0.3) is 0 Å². The first-order chi connectivity index (χ1) is 10.2. The van der Waals surface area contributed by atoms with E-state index in [0.29, 0.717) is 11.7 Å². The van der Waals surface area contributed by atoms with E-state index >= 15 is 0 Å². The first kappa shape index (κ1) is 14.3. The van der Waals surface area contributed by atoms with E-state index in [4.69, 9.17) is 5.26 Å². The fourth-order valence-corrected chi connectivity index (χ4v) is 3.89. The minimum Gasteiger partial charge on any atom is -0.396 e. The van der Waals surface area contributed by atoms with Gasteiger partial charge in [0, 0.05) is 24.5 Å². The summed E-state index contributed by atoms with van der Waals surface area (Å²) in [4.78, 5) is 9.04. The van der Waals surface area contributed by atoms with Crippen LogP contribution >= 0.6 is 0 Å². The molecule has 112 valence electrons. The van der Waals surface area contributed by atoms with Gasteiger partial charge in [0.2, 0.25) is 0 Å². The number of pyridine rings is 1. The Balaban J connectivity index is 1.84. The SMILES string of the molecule is CN1CCC[C@]2(CO)CCN(c3cccc(C#N)n3)C[C@@H]12. The first-order valence-corrected chi connectivity index (χ1v) is 7.62. The Morgan fingerprint density at radius 2 is 2.29 bits per heavy atom. The fraction of sp³-hybridized carbons (Fsp3) is 0.625. The molecule has 0 spiro atoms. The molecule has 0 aromatic carbocycles. The van der Waals surface area contributed by atoms with Gasteiger partial charge in [0.05, 0.1) is 6.61 Å². The summed E-state index contributed by atoms with van der Waals surface area (Å²) in [7, 11) is 2.15. The van der Waals surface area contributed by atoms with Crippen molar-refractivity contribution in [1.82, 2.24) is 9.88 Å². The van der Waals surface area contributed by atoms with E-state index in [0.717, 1.165) is 44.7 Å². The Kier molecular flexibility index (Phi) is 3.83. The summed E-state index contributed by atoms with van der Waals surface area (Å²) in [6, 6.07) is 8.05. The van der Waals surface area contributed by atoms with Crippen LogP contribution in [0.3, 0.4) is 0 Å². The molecule has 2 fully saturated rings. The van der Waals surface area contributed by atoms with Crippen LogP contribution in [0, 0.1) is 16.7 Å². The smallest absolute Gasteiger partial charge is 0.142 e. The molecule has 1 aromatic rings. The van der Waals surface area contributed by atoms with Crippen molar-refractivity contribution in [3.05, 3.63) is 23.9 Å². The molecule has 0 amide bonds. The van der Waals surface area contributed by atoms with E-state index in [1.54, 1.807) is 6.07 Å². The van der Waals surface area contributed by atoms with Crippen LogP contribution in [-0.2, 0) is 0 Å². The van der Waals surface area contributed by atoms with E-state index in [1.165, 1.54) is 0 Å². The molecule has 3 rings (SSSR count). The van der Waals surface area contributed by atoms with Crippen molar-refractivity contribution in [2.75, 3.05) is 38.2 Å². The topological polar surface area (TPSA) is 63.4 Å². The van der Waals surface area contributed by atoms with E-state index in [-0.39, 0.29) is 12.0 Å². The van der Waals surface area contributed by atoms with Gasteiger partial charge in [-0.1, -0.05) is 6.07 Å². The van der Waals surface area contributed by atoms with E-state index in [1.807, 2.05) is 12.1 Å². The molecule has 1 aromatic heterocycles. The van der Waals surface area contributed by atoms with Crippen molar-refractivity contribution in [2.24, 2.45) is 5.41 Å². The van der Waals surface area contributed by atoms with Gasteiger partial charge in [-0.2, -0.15) is 5.26 Å². The summed E-state index contributed by atoms with van der Waals surface area (Å²) in [5.41, 5.74) is 0.500. The summed E-state index contributed by atoms with van der Waals surface area (Å²) in [5.74, 6) is 0.875. The number of anilines is 1. The molecule has 0 aliphatic carbocycles. The molecular formula is C16H22N4O. The van der Waals surface area contributed by atoms with Gasteiger partial charge in [-0.25, -0.2) is 4.98 Å². The van der Waals surface area contributed by atoms with Crippen LogP contribution in [0.1, 0.15) is 25.0 Å². The molecule has 3 heterocycles. The van der Waals surface area contributed by atoms with Gasteiger partial charge < -0.3 is 14.9 Å². The predicted molar refractivity (Wildman–Crippen MR) is 81.0 cm³/mol. The van der Waals surface area contributed by atoms with Crippen LogP contribution in [0.2, 0.25) is 0 Å². The Hall–Kier alpha value is -1.64. The molecule has 2 atom stereocenters. The third kappa shape index (κ3) is 2.50. The van der Waals surface area contributed by atoms with Gasteiger partial charge in [0.1, 0.15) is 17.6 Å². The minimum absolute atomic E-state index is 0.0380. The summed E-state index contributed by atoms with van der Waals surface area (Å²) in [6.45, 7) is 3.12. The maximum atomic E-state index is 9.93. The average Bonchev–Trinajstić information content (AvgIpc) is 2.55. The number of rotatable bonds is 2. The van der Waals surface area contributed by atoms with Crippen LogP contribution in [0.5, 0.6) is 0 Å². The number of piperidine rings is 2. The molecule has 21 heavy (non-hydrogen) atoms. The van der Waals surface area contributed by atoms with Crippen LogP contribution in [0.4, 0.5) is 5.82 Å². The molecule has 0 bridgehead atoms. The summed E-state index contributed by atoms with van der Waals surface area (Å²) >= 11 is 0. The van der Waals surface area contributed by atoms with Crippen molar-refractivity contribution in [2.45, 2.75) is 25.3 Å². The van der Waals surface area contributed by atoms with Gasteiger partial charge >= 0.3 is 0 Å². The molecular weight excluding hydrogens is 264 g/mol. The number of hydrogen-bond donors (Lipinski definition) is 1. The number of aromatic nitrogens is 1. The summed E-state index contributed by atoms with van der Waals surface area (Å²) in [6.07, 6.45) is 3.25. The number of aliphatic hydroxyl groups is 1. The average molecular weight is 286 g/mol. The van der Waals surface area contributed by atoms with Gasteiger partial charge in [-0.05, 0) is 45.0 Å². The second-order valence-electron chi connectivity index (χ2n) is 6.31. The fourth-order valence-electron chi connectivity index (χ4n) is 3.89. The predicted octanol–water partition coefficient (Wildman–Crippen LogP) is 1.24. The lowest BCUT2D eigenvalue weighted by atomic mass is 9.69. The third-order valence-electron chi connectivity index (χ3n) is 5.19. The number of likely N-dealkylation sites (tertiary alicyclic amines) is 1. The van der Waals surface area contributed by atoms with Crippen molar-refractivity contribution in [3.63, 3.8) is 0 Å². The maximum absolute atomic E-state index is 9.93. The largest absolute Gasteiger partial charge is 0.396 e. The lowest BCUT2D eigenvalue weighted by molar-refractivity contribution is -0.0277. The van der Waals surface area contributed by atoms with Gasteiger partial charge in [-0.3, -0.25) is 0 Å². The third-order valence-corrected chi connectivity index (χ3v) is 5.19. The summed E-state index contributed by atoms with van der Waals surface area (Å²) < 4.78 is 0. The normalized spacial score (nSPS) is 29.8. The number of nitrogens with zero attached hydrogens (tertiary/aromatic N) is 4. The first-order valence-electron chi connectivity index (χ1n) is 7.62. The van der Waals surface area contributed by atoms with Gasteiger partial charge in [0.25, 0.3) is 0 Å². The second kappa shape index (κ2) is 5.63. The lowest BCUT2D eigenvalue weighted by Gasteiger charge is -2.53. The molecule has 2 aliphatic heterocycles. The molecule has 5 nitrogen and oxygen atoms in total. The molecule has 2 saturated heterocycles. The Labute approximate surface area is 125 Å². The van der Waals surface area contributed by atoms with Crippen molar-refractivity contribution < 1.29 is 5.11 Å². The molecule has 2 aliphatic rings. The summed E-state index contributed by atoms with van der Waals surface area (Å²) in [5, 5.41) is 18.9. The quantitative estimate of drug-likeness (QED) is 0.886. The Morgan fingerprint density at radius 1 is 1.43 bits per heavy atom. The van der Waals surface area contributed by atoms with Crippen molar-refractivity contribution >= 4 is 5.82 Å². The van der Waals surface area contributed by atoms with Crippen LogP contribution < -0.4 is 4.90 Å². The lowest BCUT2D eigenvalue weighted by Crippen LogP contribution is -2.61. The highest BCUT2D eigenvalue weighted by Gasteiger charge is 2.46. The molecule has 0 radical (unpaired) electrons. The van der Waals surface area contributed by atoms with Crippen molar-refractivity contribution in [3.8, 4) is 6.07 Å². The molecule has 0 saturated carbocycles. The number of fused-ring (bicyclic) bond motifs is 1. The van der Waals surface area contributed by atoms with Crippen LogP contribution in [-0.4, -0.2) is 54.3 Å². The van der Waals surface area contributed by atoms with Gasteiger partial charge in [-0.15, -0.1) is 0 Å². The molecule has 0 unspecified atom stereocenters. The zero-order valence-corrected chi connectivity index (χ0v) is 12.5. The molecule has 5 heteroatoms. The number of likely N-dealkylation sites (N-methyl/N-ethyl adjacent to an activating group) is 1. The Morgan fingerprint density at radius 3 is 3.05 bits per heavy atom. The highest BCUT2D eigenvalue weighted by Crippen LogP contribution is 2.42. The number of hydrogen-bond acceptors (Lipinski definition) is 5. The number of nitriles is 1. The van der Waals surface area contributed by atoms with Gasteiger partial charge in [0.15, 0.2) is 0 Å². The van der Waals surface area contributed by atoms with E-state index < -0.39 is 0 Å². The van der Waals surface area contributed by atoms with E-state index in [9.17, 15) is 5.11 Å².